The molecule has 6 nitrogen and oxygen atoms in total. The van der Waals surface area contributed by atoms with E-state index < -0.39 is 46.8 Å². The van der Waals surface area contributed by atoms with Crippen LogP contribution in [-0.2, 0) is 0 Å². The molecule has 1 saturated carbocycles. The van der Waals surface area contributed by atoms with Crippen LogP contribution >= 0.6 is 11.6 Å². The molecule has 1 aliphatic rings. The van der Waals surface area contributed by atoms with Crippen LogP contribution in [0.4, 0.5) is 27.6 Å². The summed E-state index contributed by atoms with van der Waals surface area (Å²) in [4.78, 5) is 12.8. The molecular weight excluding hydrogens is 473 g/mol. The predicted octanol–water partition coefficient (Wildman–Crippen LogP) is 6.13. The number of alkyl halides is 3. The fourth-order valence-corrected chi connectivity index (χ4v) is 3.10. The van der Waals surface area contributed by atoms with E-state index in [0.29, 0.717) is 6.07 Å². The third-order valence-corrected chi connectivity index (χ3v) is 5.19. The van der Waals surface area contributed by atoms with Gasteiger partial charge >= 0.3 is 6.18 Å². The number of para-hydroxylation sites is 1. The second kappa shape index (κ2) is 8.62. The molecule has 1 aromatic heterocycles. The van der Waals surface area contributed by atoms with Gasteiger partial charge in [0.1, 0.15) is 17.4 Å². The van der Waals surface area contributed by atoms with Crippen LogP contribution in [0.2, 0.25) is 5.02 Å². The number of ether oxygens (including phenoxy) is 1. The first-order valence-electron chi connectivity index (χ1n) is 9.70. The van der Waals surface area contributed by atoms with Crippen LogP contribution in [0.1, 0.15) is 41.9 Å². The number of carbonyl (C=O) groups excluding carboxylic acids is 1. The van der Waals surface area contributed by atoms with Crippen molar-refractivity contribution in [2.45, 2.75) is 38.0 Å². The average molecular weight is 488 g/mol. The fraction of sp³-hybridized carbons (Fsp3) is 0.286. The summed E-state index contributed by atoms with van der Waals surface area (Å²) in [7, 11) is 0. The van der Waals surface area contributed by atoms with Crippen LogP contribution in [0.25, 0.3) is 11.5 Å². The highest BCUT2D eigenvalue weighted by Gasteiger charge is 2.39. The molecule has 1 amide bonds. The minimum atomic E-state index is -4.78. The molecule has 1 fully saturated rings. The second-order valence-corrected chi connectivity index (χ2v) is 7.81. The van der Waals surface area contributed by atoms with Gasteiger partial charge in [-0.05, 0) is 44.0 Å². The van der Waals surface area contributed by atoms with Crippen molar-refractivity contribution < 1.29 is 35.9 Å². The minimum absolute atomic E-state index is 0.0610. The highest BCUT2D eigenvalue weighted by molar-refractivity contribution is 6.34. The highest BCUT2D eigenvalue weighted by Crippen LogP contribution is 2.41. The number of hydrogen-bond acceptors (Lipinski definition) is 5. The SMILES string of the molecule is CC(Oc1cc(-c2nnc(C3CC3)o2)c(F)cc1C(=O)Nc1c(F)cccc1Cl)C(F)(F)F. The monoisotopic (exact) mass is 487 g/mol. The lowest BCUT2D eigenvalue weighted by Gasteiger charge is -2.20. The molecule has 1 aliphatic carbocycles. The quantitative estimate of drug-likeness (QED) is 0.423. The van der Waals surface area contributed by atoms with Gasteiger partial charge in [-0.25, -0.2) is 8.78 Å². The Hall–Kier alpha value is -3.21. The molecule has 0 bridgehead atoms. The molecule has 1 heterocycles. The van der Waals surface area contributed by atoms with E-state index >= 15 is 0 Å². The third kappa shape index (κ3) is 4.92. The van der Waals surface area contributed by atoms with Crippen LogP contribution in [0.3, 0.4) is 0 Å². The van der Waals surface area contributed by atoms with Crippen LogP contribution < -0.4 is 10.1 Å². The molecule has 4 rings (SSSR count). The van der Waals surface area contributed by atoms with E-state index in [1.807, 2.05) is 0 Å². The van der Waals surface area contributed by atoms with E-state index in [0.717, 1.165) is 31.9 Å². The topological polar surface area (TPSA) is 77.2 Å². The Morgan fingerprint density at radius 1 is 1.21 bits per heavy atom. The molecular formula is C21H15ClF5N3O3. The first kappa shape index (κ1) is 23.0. The molecule has 1 unspecified atom stereocenters. The number of hydrogen-bond donors (Lipinski definition) is 1. The van der Waals surface area contributed by atoms with Gasteiger partial charge < -0.3 is 14.5 Å². The van der Waals surface area contributed by atoms with Gasteiger partial charge in [0.2, 0.25) is 5.89 Å². The number of nitrogens with zero attached hydrogens (tertiary/aromatic N) is 2. The zero-order valence-corrected chi connectivity index (χ0v) is 17.6. The van der Waals surface area contributed by atoms with Crippen LogP contribution in [0.5, 0.6) is 5.75 Å². The van der Waals surface area contributed by atoms with E-state index in [-0.39, 0.29) is 28.3 Å². The summed E-state index contributed by atoms with van der Waals surface area (Å²) in [6, 6.07) is 5.11. The number of benzene rings is 2. The van der Waals surface area contributed by atoms with E-state index in [1.54, 1.807) is 0 Å². The van der Waals surface area contributed by atoms with E-state index in [2.05, 4.69) is 15.5 Å². The summed E-state index contributed by atoms with van der Waals surface area (Å²) in [6.07, 6.45) is -5.46. The summed E-state index contributed by atoms with van der Waals surface area (Å²) in [6.45, 7) is 0.719. The first-order chi connectivity index (χ1) is 15.5. The van der Waals surface area contributed by atoms with Crippen molar-refractivity contribution in [2.24, 2.45) is 0 Å². The number of carbonyl (C=O) groups is 1. The standard InChI is InChI=1S/C21H15ClF5N3O3/c1-9(21(25,26)27)32-16-8-11(20-30-29-19(33-20)10-5-6-10)15(24)7-12(16)18(31)28-17-13(22)3-2-4-14(17)23/h2-4,7-10H,5-6H2,1H3,(H,28,31). The second-order valence-electron chi connectivity index (χ2n) is 7.40. The first-order valence-corrected chi connectivity index (χ1v) is 10.1. The Kier molecular flexibility index (Phi) is 6.00. The zero-order valence-electron chi connectivity index (χ0n) is 16.8. The zero-order chi connectivity index (χ0) is 23.9. The van der Waals surface area contributed by atoms with Gasteiger partial charge in [-0.15, -0.1) is 10.2 Å². The highest BCUT2D eigenvalue weighted by atomic mass is 35.5. The molecule has 12 heteroatoms. The van der Waals surface area contributed by atoms with Crippen LogP contribution in [0, 0.1) is 11.6 Å². The summed E-state index contributed by atoms with van der Waals surface area (Å²) in [5, 5.41) is 9.53. The Labute approximate surface area is 188 Å². The Balaban J connectivity index is 1.74. The Morgan fingerprint density at radius 2 is 1.94 bits per heavy atom. The largest absolute Gasteiger partial charge is 0.480 e. The molecule has 174 valence electrons. The van der Waals surface area contributed by atoms with Crippen molar-refractivity contribution in [1.82, 2.24) is 10.2 Å². The van der Waals surface area contributed by atoms with Gasteiger partial charge in [0.15, 0.2) is 6.10 Å². The maximum atomic E-state index is 14.9. The van der Waals surface area contributed by atoms with Crippen molar-refractivity contribution in [2.75, 3.05) is 5.32 Å². The summed E-state index contributed by atoms with van der Waals surface area (Å²) in [5.74, 6) is -3.61. The number of anilines is 1. The molecule has 33 heavy (non-hydrogen) atoms. The third-order valence-electron chi connectivity index (χ3n) is 4.88. The molecule has 0 spiro atoms. The van der Waals surface area contributed by atoms with Gasteiger partial charge in [0.25, 0.3) is 11.8 Å². The van der Waals surface area contributed by atoms with Crippen molar-refractivity contribution >= 4 is 23.2 Å². The van der Waals surface area contributed by atoms with Gasteiger partial charge in [-0.3, -0.25) is 4.79 Å². The fourth-order valence-electron chi connectivity index (χ4n) is 2.89. The molecule has 0 aliphatic heterocycles. The summed E-state index contributed by atoms with van der Waals surface area (Å²) >= 11 is 5.88. The normalized spacial score (nSPS) is 14.8. The molecule has 1 N–H and O–H groups in total. The number of nitrogens with one attached hydrogen (secondary N) is 1. The van der Waals surface area contributed by atoms with Crippen molar-refractivity contribution in [3.8, 4) is 17.2 Å². The van der Waals surface area contributed by atoms with E-state index in [1.165, 1.54) is 12.1 Å². The minimum Gasteiger partial charge on any atom is -0.480 e. The maximum Gasteiger partial charge on any atom is 0.425 e. The van der Waals surface area contributed by atoms with E-state index in [4.69, 9.17) is 20.8 Å². The summed E-state index contributed by atoms with van der Waals surface area (Å²) < 4.78 is 78.6. The van der Waals surface area contributed by atoms with Crippen LogP contribution in [0.15, 0.2) is 34.7 Å². The van der Waals surface area contributed by atoms with Gasteiger partial charge in [-0.2, -0.15) is 13.2 Å². The number of aromatic nitrogens is 2. The lowest BCUT2D eigenvalue weighted by molar-refractivity contribution is -0.189. The maximum absolute atomic E-state index is 14.9. The summed E-state index contributed by atoms with van der Waals surface area (Å²) in [5.41, 5.74) is -1.39. The predicted molar refractivity (Wildman–Crippen MR) is 107 cm³/mol. The Morgan fingerprint density at radius 3 is 2.58 bits per heavy atom. The molecule has 3 aromatic rings. The lowest BCUT2D eigenvalue weighted by atomic mass is 10.1. The molecule has 2 aromatic carbocycles. The lowest BCUT2D eigenvalue weighted by Crippen LogP contribution is -2.32. The number of amides is 1. The van der Waals surface area contributed by atoms with Crippen molar-refractivity contribution in [3.05, 3.63) is 58.4 Å². The smallest absolute Gasteiger partial charge is 0.425 e. The average Bonchev–Trinajstić information content (AvgIpc) is 3.48. The Bertz CT molecular complexity index is 1190. The number of rotatable bonds is 6. The van der Waals surface area contributed by atoms with Crippen molar-refractivity contribution in [3.63, 3.8) is 0 Å². The van der Waals surface area contributed by atoms with Gasteiger partial charge in [-0.1, -0.05) is 17.7 Å². The van der Waals surface area contributed by atoms with Gasteiger partial charge in [0, 0.05) is 5.92 Å². The van der Waals surface area contributed by atoms with E-state index in [9.17, 15) is 26.7 Å². The molecule has 0 radical (unpaired) electrons. The molecule has 1 atom stereocenters. The van der Waals surface area contributed by atoms with Crippen LogP contribution in [-0.4, -0.2) is 28.4 Å². The van der Waals surface area contributed by atoms with Crippen molar-refractivity contribution in [1.29, 1.82) is 0 Å². The van der Waals surface area contributed by atoms with Gasteiger partial charge in [0.05, 0.1) is 21.8 Å². The number of halogens is 6. The molecule has 0 saturated heterocycles.